The Balaban J connectivity index is 2.79. The van der Waals surface area contributed by atoms with Crippen LogP contribution in [0.2, 0.25) is 5.02 Å². The molecule has 0 atom stereocenters. The first-order valence-electron chi connectivity index (χ1n) is 5.87. The van der Waals surface area contributed by atoms with Crippen molar-refractivity contribution in [2.45, 2.75) is 24.2 Å². The van der Waals surface area contributed by atoms with Crippen LogP contribution < -0.4 is 0 Å². The molecule has 0 heterocycles. The highest BCUT2D eigenvalue weighted by Crippen LogP contribution is 2.27. The monoisotopic (exact) mass is 431 g/mol. The van der Waals surface area contributed by atoms with Crippen LogP contribution in [-0.2, 0) is 10.0 Å². The fraction of sp³-hybridized carbons (Fsp3) is 0.500. The van der Waals surface area contributed by atoms with E-state index in [4.69, 9.17) is 11.6 Å². The predicted octanol–water partition coefficient (Wildman–Crippen LogP) is 4.29. The Morgan fingerprint density at radius 3 is 2.53 bits per heavy atom. The van der Waals surface area contributed by atoms with Crippen molar-refractivity contribution in [2.24, 2.45) is 0 Å². The van der Waals surface area contributed by atoms with E-state index in [1.807, 2.05) is 0 Å². The molecule has 7 heteroatoms. The Hall–Kier alpha value is 0.380. The van der Waals surface area contributed by atoms with Gasteiger partial charge in [0.2, 0.25) is 10.0 Å². The second-order valence-corrected chi connectivity index (χ2v) is 8.28. The number of alkyl halides is 1. The van der Waals surface area contributed by atoms with Crippen LogP contribution in [-0.4, -0.2) is 31.6 Å². The van der Waals surface area contributed by atoms with E-state index in [0.29, 0.717) is 6.54 Å². The SMILES string of the molecule is CN(CCCCCBr)S(=O)(=O)c1ccc(Br)cc1Cl. The molecule has 0 amide bonds. The molecule has 0 spiro atoms. The van der Waals surface area contributed by atoms with Gasteiger partial charge in [0.15, 0.2) is 0 Å². The van der Waals surface area contributed by atoms with E-state index in [0.717, 1.165) is 29.1 Å². The maximum Gasteiger partial charge on any atom is 0.244 e. The molecule has 0 unspecified atom stereocenters. The highest BCUT2D eigenvalue weighted by atomic mass is 79.9. The molecule has 0 saturated heterocycles. The molecule has 1 aromatic carbocycles. The van der Waals surface area contributed by atoms with Gasteiger partial charge in [-0.2, -0.15) is 0 Å². The third-order valence-electron chi connectivity index (χ3n) is 2.69. The summed E-state index contributed by atoms with van der Waals surface area (Å²) in [5.74, 6) is 0. The van der Waals surface area contributed by atoms with Crippen molar-refractivity contribution < 1.29 is 8.42 Å². The van der Waals surface area contributed by atoms with Gasteiger partial charge >= 0.3 is 0 Å². The first-order valence-corrected chi connectivity index (χ1v) is 9.60. The van der Waals surface area contributed by atoms with Crippen molar-refractivity contribution in [1.82, 2.24) is 4.31 Å². The van der Waals surface area contributed by atoms with Gasteiger partial charge in [0, 0.05) is 23.4 Å². The molecular formula is C12H16Br2ClNO2S. The molecule has 1 aromatic rings. The molecule has 3 nitrogen and oxygen atoms in total. The van der Waals surface area contributed by atoms with Gasteiger partial charge in [-0.3, -0.25) is 0 Å². The molecule has 0 saturated carbocycles. The van der Waals surface area contributed by atoms with Crippen molar-refractivity contribution in [1.29, 1.82) is 0 Å². The summed E-state index contributed by atoms with van der Waals surface area (Å²) in [5, 5.41) is 1.18. The second kappa shape index (κ2) is 7.98. The number of hydrogen-bond acceptors (Lipinski definition) is 2. The normalized spacial score (nSPS) is 12.1. The third kappa shape index (κ3) is 5.01. The summed E-state index contributed by atoms with van der Waals surface area (Å²) in [6.07, 6.45) is 2.89. The smallest absolute Gasteiger partial charge is 0.207 e. The summed E-state index contributed by atoms with van der Waals surface area (Å²) >= 11 is 12.6. The summed E-state index contributed by atoms with van der Waals surface area (Å²) in [5.41, 5.74) is 0. The Labute approximate surface area is 136 Å². The summed E-state index contributed by atoms with van der Waals surface area (Å²) in [7, 11) is -1.92. The first-order chi connectivity index (χ1) is 8.89. The highest BCUT2D eigenvalue weighted by molar-refractivity contribution is 9.10. The van der Waals surface area contributed by atoms with Crippen LogP contribution >= 0.6 is 43.5 Å². The van der Waals surface area contributed by atoms with Gasteiger partial charge in [-0.1, -0.05) is 49.9 Å². The first kappa shape index (κ1) is 17.4. The summed E-state index contributed by atoms with van der Waals surface area (Å²) in [4.78, 5) is 0.153. The predicted molar refractivity (Wildman–Crippen MR) is 86.6 cm³/mol. The lowest BCUT2D eigenvalue weighted by atomic mass is 10.2. The number of unbranched alkanes of at least 4 members (excludes halogenated alkanes) is 2. The highest BCUT2D eigenvalue weighted by Gasteiger charge is 2.23. The number of benzene rings is 1. The molecule has 19 heavy (non-hydrogen) atoms. The fourth-order valence-corrected chi connectivity index (χ4v) is 4.19. The topological polar surface area (TPSA) is 37.4 Å². The van der Waals surface area contributed by atoms with E-state index in [9.17, 15) is 8.42 Å². The second-order valence-electron chi connectivity index (χ2n) is 4.15. The van der Waals surface area contributed by atoms with Crippen LogP contribution in [0.4, 0.5) is 0 Å². The molecule has 0 aliphatic heterocycles. The minimum atomic E-state index is -3.50. The van der Waals surface area contributed by atoms with E-state index in [-0.39, 0.29) is 9.92 Å². The molecule has 0 aliphatic carbocycles. The molecule has 0 aromatic heterocycles. The van der Waals surface area contributed by atoms with Gasteiger partial charge in [-0.05, 0) is 31.0 Å². The van der Waals surface area contributed by atoms with Gasteiger partial charge in [0.1, 0.15) is 4.90 Å². The van der Waals surface area contributed by atoms with Crippen LogP contribution in [0.5, 0.6) is 0 Å². The lowest BCUT2D eigenvalue weighted by Gasteiger charge is -2.18. The van der Waals surface area contributed by atoms with Crippen LogP contribution in [0, 0.1) is 0 Å². The van der Waals surface area contributed by atoms with E-state index in [1.54, 1.807) is 19.2 Å². The Kier molecular flexibility index (Phi) is 7.32. The molecular weight excluding hydrogens is 417 g/mol. The van der Waals surface area contributed by atoms with Crippen molar-refractivity contribution in [3.63, 3.8) is 0 Å². The molecule has 1 rings (SSSR count). The average molecular weight is 434 g/mol. The van der Waals surface area contributed by atoms with Crippen LogP contribution in [0.25, 0.3) is 0 Å². The zero-order valence-corrected chi connectivity index (χ0v) is 15.3. The Bertz CT molecular complexity index is 522. The summed E-state index contributed by atoms with van der Waals surface area (Å²) < 4.78 is 26.8. The Morgan fingerprint density at radius 2 is 1.95 bits per heavy atom. The van der Waals surface area contributed by atoms with Crippen molar-refractivity contribution in [3.05, 3.63) is 27.7 Å². The summed E-state index contributed by atoms with van der Waals surface area (Å²) in [6, 6.07) is 4.79. The minimum Gasteiger partial charge on any atom is -0.207 e. The summed E-state index contributed by atoms with van der Waals surface area (Å²) in [6.45, 7) is 0.502. The van der Waals surface area contributed by atoms with Crippen LogP contribution in [0.15, 0.2) is 27.6 Å². The van der Waals surface area contributed by atoms with E-state index in [1.165, 1.54) is 10.4 Å². The van der Waals surface area contributed by atoms with E-state index >= 15 is 0 Å². The Morgan fingerprint density at radius 1 is 1.26 bits per heavy atom. The lowest BCUT2D eigenvalue weighted by molar-refractivity contribution is 0.455. The number of hydrogen-bond donors (Lipinski definition) is 0. The molecule has 0 bridgehead atoms. The van der Waals surface area contributed by atoms with Crippen LogP contribution in [0.3, 0.4) is 0 Å². The average Bonchev–Trinajstić information content (AvgIpc) is 2.33. The number of halogens is 3. The van der Waals surface area contributed by atoms with Gasteiger partial charge in [0.25, 0.3) is 0 Å². The zero-order valence-electron chi connectivity index (χ0n) is 10.6. The molecule has 0 aliphatic rings. The fourth-order valence-electron chi connectivity index (χ4n) is 1.58. The van der Waals surface area contributed by atoms with Crippen molar-refractivity contribution >= 4 is 53.5 Å². The van der Waals surface area contributed by atoms with Gasteiger partial charge in [0.05, 0.1) is 5.02 Å². The van der Waals surface area contributed by atoms with Crippen LogP contribution in [0.1, 0.15) is 19.3 Å². The molecule has 0 N–H and O–H groups in total. The third-order valence-corrected chi connectivity index (χ3v) is 6.08. The van der Waals surface area contributed by atoms with Crippen molar-refractivity contribution in [2.75, 3.05) is 18.9 Å². The molecule has 0 radical (unpaired) electrons. The quantitative estimate of drug-likeness (QED) is 0.475. The van der Waals surface area contributed by atoms with Crippen molar-refractivity contribution in [3.8, 4) is 0 Å². The van der Waals surface area contributed by atoms with Gasteiger partial charge in [-0.15, -0.1) is 0 Å². The van der Waals surface area contributed by atoms with Gasteiger partial charge < -0.3 is 0 Å². The number of sulfonamides is 1. The lowest BCUT2D eigenvalue weighted by Crippen LogP contribution is -2.28. The maximum atomic E-state index is 12.3. The molecule has 0 fully saturated rings. The molecule has 108 valence electrons. The van der Waals surface area contributed by atoms with Gasteiger partial charge in [-0.25, -0.2) is 12.7 Å². The van der Waals surface area contributed by atoms with E-state index in [2.05, 4.69) is 31.9 Å². The number of nitrogens with zero attached hydrogens (tertiary/aromatic N) is 1. The maximum absolute atomic E-state index is 12.3. The standard InChI is InChI=1S/C12H16Br2ClNO2S/c1-16(8-4-2-3-7-13)19(17,18)12-6-5-10(14)9-11(12)15/h5-6,9H,2-4,7-8H2,1H3. The minimum absolute atomic E-state index is 0.153. The number of rotatable bonds is 7. The largest absolute Gasteiger partial charge is 0.244 e. The van der Waals surface area contributed by atoms with E-state index < -0.39 is 10.0 Å². The zero-order chi connectivity index (χ0) is 14.5.